The van der Waals surface area contributed by atoms with E-state index < -0.39 is 178 Å². The first kappa shape index (κ1) is 40.9. The number of carboxylic acids is 8. The average molecular weight is 817 g/mol. The standard InChI is InChI=1S/C36H32O22/c37-25(38)13-7-1-3-9(15(13)27(41)42)21(19(7)31(49)50)33(53)57-35(55)23-11-5-6-12(18(30(47)48)17(11)29(45)46)24(23)36(56)58-34(54)22-10-4-2-8(20(22)32(51)52)14(26(39)40)16(10)28(43)44/h1-24H,(H,37,38)(H,39,40)(H,41,42)(H,43,44)(H,45,46)(H,47,48)(H,49,50)(H,51,52). The molecule has 0 saturated heterocycles. The van der Waals surface area contributed by atoms with Crippen LogP contribution in [0.25, 0.3) is 0 Å². The molecule has 9 aliphatic carbocycles. The van der Waals surface area contributed by atoms with Gasteiger partial charge >= 0.3 is 71.6 Å². The first-order valence-corrected chi connectivity index (χ1v) is 17.5. The maximum Gasteiger partial charge on any atom is 0.318 e. The van der Waals surface area contributed by atoms with Gasteiger partial charge in [0.15, 0.2) is 0 Å². The van der Waals surface area contributed by atoms with Crippen LogP contribution in [0.1, 0.15) is 0 Å². The first-order chi connectivity index (χ1) is 27.1. The molecule has 9 rings (SSSR count). The molecule has 58 heavy (non-hydrogen) atoms. The number of aliphatic carboxylic acids is 8. The number of carbonyl (C=O) groups excluding carboxylic acids is 4. The zero-order valence-electron chi connectivity index (χ0n) is 29.1. The van der Waals surface area contributed by atoms with Gasteiger partial charge in [0.2, 0.25) is 0 Å². The van der Waals surface area contributed by atoms with Crippen molar-refractivity contribution in [3.63, 3.8) is 0 Å². The maximum atomic E-state index is 14.0. The molecule has 0 heterocycles. The summed E-state index contributed by atoms with van der Waals surface area (Å²) in [4.78, 5) is 154. The Bertz CT molecular complexity index is 1900. The van der Waals surface area contributed by atoms with Gasteiger partial charge in [-0.1, -0.05) is 36.5 Å². The van der Waals surface area contributed by atoms with Gasteiger partial charge in [-0.25, -0.2) is 0 Å². The molecule has 0 spiro atoms. The maximum absolute atomic E-state index is 14.0. The minimum Gasteiger partial charge on any atom is -0.481 e. The van der Waals surface area contributed by atoms with E-state index >= 15 is 0 Å². The lowest BCUT2D eigenvalue weighted by molar-refractivity contribution is -0.194. The Morgan fingerprint density at radius 1 is 0.241 bits per heavy atom. The van der Waals surface area contributed by atoms with Crippen molar-refractivity contribution in [1.29, 1.82) is 0 Å². The Labute approximate surface area is 322 Å². The van der Waals surface area contributed by atoms with Crippen LogP contribution in [0.3, 0.4) is 0 Å². The summed E-state index contributed by atoms with van der Waals surface area (Å²) in [6.45, 7) is 0. The molecule has 18 atom stereocenters. The minimum absolute atomic E-state index is 1.03. The molecule has 22 heteroatoms. The zero-order chi connectivity index (χ0) is 43.0. The molecule has 0 aromatic heterocycles. The lowest BCUT2D eigenvalue weighted by Crippen LogP contribution is -2.60. The van der Waals surface area contributed by atoms with E-state index in [1.165, 1.54) is 0 Å². The number of carbonyl (C=O) groups is 12. The monoisotopic (exact) mass is 816 g/mol. The molecule has 8 N–H and O–H groups in total. The second-order valence-electron chi connectivity index (χ2n) is 15.1. The van der Waals surface area contributed by atoms with Crippen molar-refractivity contribution in [2.45, 2.75) is 0 Å². The molecule has 0 aromatic rings. The van der Waals surface area contributed by atoms with Crippen LogP contribution in [0, 0.1) is 107 Å². The number of rotatable bonds is 12. The number of hydrogen-bond donors (Lipinski definition) is 8. The van der Waals surface area contributed by atoms with E-state index in [0.29, 0.717) is 0 Å². The highest BCUT2D eigenvalue weighted by Gasteiger charge is 2.66. The number of esters is 4. The van der Waals surface area contributed by atoms with E-state index in [1.807, 2.05) is 0 Å². The van der Waals surface area contributed by atoms with Crippen molar-refractivity contribution in [1.82, 2.24) is 0 Å². The van der Waals surface area contributed by atoms with Crippen LogP contribution in [0.4, 0.5) is 0 Å². The summed E-state index contributed by atoms with van der Waals surface area (Å²) in [7, 11) is 0. The smallest absolute Gasteiger partial charge is 0.318 e. The van der Waals surface area contributed by atoms with E-state index in [0.717, 1.165) is 36.5 Å². The summed E-state index contributed by atoms with van der Waals surface area (Å²) < 4.78 is 10.1. The summed E-state index contributed by atoms with van der Waals surface area (Å²) in [6, 6.07) is 0. The van der Waals surface area contributed by atoms with Gasteiger partial charge in [-0.2, -0.15) is 0 Å². The van der Waals surface area contributed by atoms with E-state index in [-0.39, 0.29) is 0 Å². The number of carboxylic acid groups (broad SMARTS) is 8. The van der Waals surface area contributed by atoms with E-state index in [1.54, 1.807) is 0 Å². The Morgan fingerprint density at radius 3 is 0.517 bits per heavy atom. The highest BCUT2D eigenvalue weighted by atomic mass is 16.6. The molecule has 22 nitrogen and oxygen atoms in total. The third-order valence-corrected chi connectivity index (χ3v) is 12.7. The largest absolute Gasteiger partial charge is 0.481 e. The number of ether oxygens (including phenoxy) is 2. The average Bonchev–Trinajstić information content (AvgIpc) is 3.15. The molecule has 0 aromatic carbocycles. The Hall–Kier alpha value is -6.74. The molecule has 0 amide bonds. The topological polar surface area (TPSA) is 385 Å². The third-order valence-electron chi connectivity index (χ3n) is 12.7. The Balaban J connectivity index is 1.35. The lowest BCUT2D eigenvalue weighted by Gasteiger charge is -2.49. The lowest BCUT2D eigenvalue weighted by atomic mass is 9.52. The van der Waals surface area contributed by atoms with Gasteiger partial charge in [-0.05, 0) is 0 Å². The summed E-state index contributed by atoms with van der Waals surface area (Å²) in [5, 5.41) is 79.6. The van der Waals surface area contributed by atoms with Gasteiger partial charge in [-0.15, -0.1) is 0 Å². The van der Waals surface area contributed by atoms with Gasteiger partial charge in [0.25, 0.3) is 0 Å². The molecular formula is C36H32O22. The summed E-state index contributed by atoms with van der Waals surface area (Å²) in [5.74, 6) is -55.0. The van der Waals surface area contributed by atoms with Crippen molar-refractivity contribution in [3.8, 4) is 0 Å². The van der Waals surface area contributed by atoms with Crippen molar-refractivity contribution in [2.75, 3.05) is 0 Å². The van der Waals surface area contributed by atoms with Crippen LogP contribution in [-0.4, -0.2) is 112 Å². The third kappa shape index (κ3) is 6.18. The molecule has 9 aliphatic rings. The second kappa shape index (κ2) is 14.6. The number of hydrogen-bond acceptors (Lipinski definition) is 14. The van der Waals surface area contributed by atoms with E-state index in [2.05, 4.69) is 0 Å². The second-order valence-corrected chi connectivity index (χ2v) is 15.1. The summed E-state index contributed by atoms with van der Waals surface area (Å²) in [5.41, 5.74) is 0. The minimum atomic E-state index is -2.20. The molecule has 6 bridgehead atoms. The summed E-state index contributed by atoms with van der Waals surface area (Å²) >= 11 is 0. The Morgan fingerprint density at radius 2 is 0.362 bits per heavy atom. The van der Waals surface area contributed by atoms with E-state index in [9.17, 15) is 98.4 Å². The van der Waals surface area contributed by atoms with Crippen LogP contribution in [0.15, 0.2) is 36.5 Å². The predicted octanol–water partition coefficient (Wildman–Crippen LogP) is -1.36. The molecule has 3 saturated carbocycles. The van der Waals surface area contributed by atoms with Gasteiger partial charge in [-0.3, -0.25) is 57.5 Å². The molecule has 3 fully saturated rings. The van der Waals surface area contributed by atoms with Gasteiger partial charge in [0.05, 0.1) is 71.0 Å². The van der Waals surface area contributed by atoms with Gasteiger partial charge < -0.3 is 50.3 Å². The quantitative estimate of drug-likeness (QED) is 0.0641. The van der Waals surface area contributed by atoms with Crippen LogP contribution < -0.4 is 0 Å². The molecule has 18 unspecified atom stereocenters. The van der Waals surface area contributed by atoms with Crippen LogP contribution in [0.2, 0.25) is 0 Å². The summed E-state index contributed by atoms with van der Waals surface area (Å²) in [6.07, 6.45) is 6.44. The molecule has 0 radical (unpaired) electrons. The SMILES string of the molecule is O=C(O)C1C2C=CC(C1C(=O)O)C(C(=O)OC(=O)C1C3C=CC(C(C(=O)O)C3C(=O)O)C1C(=O)OC(=O)C1C3C=CC(C(C(=O)O)C3C(=O)O)C1C(=O)O)C2C(=O)O. The predicted molar refractivity (Wildman–Crippen MR) is 174 cm³/mol. The first-order valence-electron chi connectivity index (χ1n) is 17.5. The van der Waals surface area contributed by atoms with Crippen molar-refractivity contribution >= 4 is 71.6 Å². The van der Waals surface area contributed by atoms with Gasteiger partial charge in [0, 0.05) is 35.5 Å². The van der Waals surface area contributed by atoms with E-state index in [4.69, 9.17) is 9.47 Å². The normalized spacial score (nSPS) is 39.9. The number of allylic oxidation sites excluding steroid dienone is 6. The van der Waals surface area contributed by atoms with Crippen molar-refractivity contribution in [2.24, 2.45) is 107 Å². The van der Waals surface area contributed by atoms with Crippen LogP contribution >= 0.6 is 0 Å². The molecule has 308 valence electrons. The van der Waals surface area contributed by atoms with Crippen molar-refractivity contribution in [3.05, 3.63) is 36.5 Å². The van der Waals surface area contributed by atoms with Gasteiger partial charge in [0.1, 0.15) is 0 Å². The zero-order valence-corrected chi connectivity index (χ0v) is 29.1. The molecular weight excluding hydrogens is 784 g/mol. The fraction of sp³-hybridized carbons (Fsp3) is 0.500. The highest BCUT2D eigenvalue weighted by molar-refractivity contribution is 5.99. The van der Waals surface area contributed by atoms with Crippen molar-refractivity contribution < 1.29 is 108 Å². The van der Waals surface area contributed by atoms with Crippen LogP contribution in [0.5, 0.6) is 0 Å². The Kier molecular flexibility index (Phi) is 10.3. The fourth-order valence-corrected chi connectivity index (χ4v) is 10.7. The van der Waals surface area contributed by atoms with Crippen LogP contribution in [-0.2, 0) is 67.0 Å². The highest BCUT2D eigenvalue weighted by Crippen LogP contribution is 2.56. The number of fused-ring (bicyclic) bond motifs is 6. The molecule has 0 aliphatic heterocycles. The fourth-order valence-electron chi connectivity index (χ4n) is 10.7.